The molecule has 17 heavy (non-hydrogen) atoms. The minimum Gasteiger partial charge on any atom is -0.387 e. The van der Waals surface area contributed by atoms with Crippen molar-refractivity contribution in [1.82, 2.24) is 9.55 Å². The summed E-state index contributed by atoms with van der Waals surface area (Å²) < 4.78 is 28.2. The fourth-order valence-corrected chi connectivity index (χ4v) is 2.60. The van der Waals surface area contributed by atoms with Crippen LogP contribution in [0.25, 0.3) is 0 Å². The van der Waals surface area contributed by atoms with E-state index < -0.39 is 12.0 Å². The van der Waals surface area contributed by atoms with E-state index in [-0.39, 0.29) is 18.8 Å². The van der Waals surface area contributed by atoms with Gasteiger partial charge in [-0.25, -0.2) is 13.8 Å². The number of alkyl halides is 2. The lowest BCUT2D eigenvalue weighted by molar-refractivity contribution is -0.0593. The average molecular weight is 244 g/mol. The molecule has 0 aromatic carbocycles. The number of aryl methyl sites for hydroxylation is 1. The van der Waals surface area contributed by atoms with Gasteiger partial charge in [0.2, 0.25) is 5.92 Å². The van der Waals surface area contributed by atoms with E-state index in [1.54, 1.807) is 24.1 Å². The van der Waals surface area contributed by atoms with Crippen molar-refractivity contribution in [2.24, 2.45) is 13.0 Å². The van der Waals surface area contributed by atoms with Gasteiger partial charge < -0.3 is 9.67 Å². The Morgan fingerprint density at radius 2 is 2.41 bits per heavy atom. The molecule has 1 heterocycles. The molecule has 2 rings (SSSR count). The van der Waals surface area contributed by atoms with Gasteiger partial charge in [0.05, 0.1) is 24.3 Å². The maximum atomic E-state index is 13.2. The highest BCUT2D eigenvalue weighted by Crippen LogP contribution is 2.40. The molecule has 1 N–H and O–H groups in total. The minimum absolute atomic E-state index is 0.00863. The number of halogens is 2. The summed E-state index contributed by atoms with van der Waals surface area (Å²) in [4.78, 5) is 3.92. The number of aliphatic hydroxyl groups is 1. The third-order valence-corrected chi connectivity index (χ3v) is 3.49. The maximum Gasteiger partial charge on any atom is 0.248 e. The van der Waals surface area contributed by atoms with Crippen molar-refractivity contribution in [3.05, 3.63) is 18.2 Å². The second-order valence-corrected chi connectivity index (χ2v) is 5.00. The highest BCUT2D eigenvalue weighted by Gasteiger charge is 2.37. The van der Waals surface area contributed by atoms with Gasteiger partial charge >= 0.3 is 0 Å². The quantitative estimate of drug-likeness (QED) is 0.887. The zero-order valence-corrected chi connectivity index (χ0v) is 9.94. The zero-order chi connectivity index (χ0) is 12.5. The first-order chi connectivity index (χ1) is 7.98. The minimum atomic E-state index is -2.55. The summed E-state index contributed by atoms with van der Waals surface area (Å²) >= 11 is 0. The van der Waals surface area contributed by atoms with Crippen molar-refractivity contribution in [3.8, 4) is 0 Å². The van der Waals surface area contributed by atoms with Crippen LogP contribution in [0.2, 0.25) is 0 Å². The third kappa shape index (κ3) is 3.03. The largest absolute Gasteiger partial charge is 0.387 e. The summed E-state index contributed by atoms with van der Waals surface area (Å²) in [6, 6.07) is 0. The smallest absolute Gasteiger partial charge is 0.248 e. The molecular formula is C12H18F2N2O. The molecule has 2 unspecified atom stereocenters. The van der Waals surface area contributed by atoms with E-state index >= 15 is 0 Å². The zero-order valence-electron chi connectivity index (χ0n) is 9.94. The number of nitrogens with zero attached hydrogens (tertiary/aromatic N) is 2. The summed E-state index contributed by atoms with van der Waals surface area (Å²) in [5.41, 5.74) is 0.693. The Morgan fingerprint density at radius 1 is 1.65 bits per heavy atom. The molecular weight excluding hydrogens is 226 g/mol. The van der Waals surface area contributed by atoms with Crippen molar-refractivity contribution >= 4 is 0 Å². The van der Waals surface area contributed by atoms with Gasteiger partial charge in [0.25, 0.3) is 0 Å². The van der Waals surface area contributed by atoms with Gasteiger partial charge in [-0.05, 0) is 25.2 Å². The molecule has 1 fully saturated rings. The van der Waals surface area contributed by atoms with Crippen molar-refractivity contribution in [2.45, 2.75) is 44.1 Å². The Labute approximate surface area is 99.5 Å². The van der Waals surface area contributed by atoms with Crippen molar-refractivity contribution < 1.29 is 13.9 Å². The van der Waals surface area contributed by atoms with Crippen LogP contribution in [0.1, 0.15) is 43.9 Å². The topological polar surface area (TPSA) is 38.0 Å². The molecule has 0 radical (unpaired) electrons. The van der Waals surface area contributed by atoms with Gasteiger partial charge in [-0.2, -0.15) is 0 Å². The van der Waals surface area contributed by atoms with Crippen LogP contribution >= 0.6 is 0 Å². The highest BCUT2D eigenvalue weighted by molar-refractivity contribution is 5.02. The Balaban J connectivity index is 1.95. The molecule has 0 saturated heterocycles. The Hall–Kier alpha value is -0.970. The van der Waals surface area contributed by atoms with Crippen LogP contribution in [0.3, 0.4) is 0 Å². The predicted octanol–water partition coefficient (Wildman–Crippen LogP) is 2.67. The van der Waals surface area contributed by atoms with E-state index in [0.717, 1.165) is 6.42 Å². The summed E-state index contributed by atoms with van der Waals surface area (Å²) in [7, 11) is 1.79. The standard InChI is InChI=1S/C12H18F2N2O/c1-16-8-15-7-10(16)11(17)5-9-3-2-4-12(13,14)6-9/h7-9,11,17H,2-6H2,1H3. The molecule has 0 spiro atoms. The van der Waals surface area contributed by atoms with E-state index in [4.69, 9.17) is 0 Å². The number of aliphatic hydroxyl groups excluding tert-OH is 1. The molecule has 1 aliphatic carbocycles. The summed E-state index contributed by atoms with van der Waals surface area (Å²) in [6.07, 6.45) is 4.13. The number of rotatable bonds is 3. The first-order valence-electron chi connectivity index (χ1n) is 6.00. The Kier molecular flexibility index (Phi) is 3.47. The van der Waals surface area contributed by atoms with Crippen LogP contribution in [-0.2, 0) is 7.05 Å². The molecule has 2 atom stereocenters. The number of imidazole rings is 1. The van der Waals surface area contributed by atoms with Gasteiger partial charge in [0.1, 0.15) is 0 Å². The first kappa shape index (κ1) is 12.5. The number of aromatic nitrogens is 2. The van der Waals surface area contributed by atoms with E-state index in [1.165, 1.54) is 0 Å². The van der Waals surface area contributed by atoms with Crippen LogP contribution in [0, 0.1) is 5.92 Å². The molecule has 1 aromatic rings. The summed E-state index contributed by atoms with van der Waals surface area (Å²) in [5, 5.41) is 10.0. The summed E-state index contributed by atoms with van der Waals surface area (Å²) in [5.74, 6) is -2.64. The second-order valence-electron chi connectivity index (χ2n) is 5.00. The fourth-order valence-electron chi connectivity index (χ4n) is 2.60. The van der Waals surface area contributed by atoms with E-state index in [1.807, 2.05) is 0 Å². The van der Waals surface area contributed by atoms with Crippen LogP contribution in [0.5, 0.6) is 0 Å². The monoisotopic (exact) mass is 244 g/mol. The average Bonchev–Trinajstić information content (AvgIpc) is 2.62. The number of hydrogen-bond acceptors (Lipinski definition) is 2. The van der Waals surface area contributed by atoms with Gasteiger partial charge in [-0.1, -0.05) is 0 Å². The maximum absolute atomic E-state index is 13.2. The highest BCUT2D eigenvalue weighted by atomic mass is 19.3. The van der Waals surface area contributed by atoms with Crippen molar-refractivity contribution in [3.63, 3.8) is 0 Å². The molecule has 0 amide bonds. The van der Waals surface area contributed by atoms with Gasteiger partial charge in [-0.15, -0.1) is 0 Å². The van der Waals surface area contributed by atoms with Crippen molar-refractivity contribution in [2.75, 3.05) is 0 Å². The number of hydrogen-bond donors (Lipinski definition) is 1. The molecule has 1 aromatic heterocycles. The lowest BCUT2D eigenvalue weighted by Crippen LogP contribution is -2.27. The Bertz CT molecular complexity index is 378. The van der Waals surface area contributed by atoms with Gasteiger partial charge in [-0.3, -0.25) is 0 Å². The summed E-state index contributed by atoms with van der Waals surface area (Å²) in [6.45, 7) is 0. The fraction of sp³-hybridized carbons (Fsp3) is 0.750. The normalized spacial score (nSPS) is 25.8. The first-order valence-corrected chi connectivity index (χ1v) is 6.00. The molecule has 5 heteroatoms. The van der Waals surface area contributed by atoms with Gasteiger partial charge in [0, 0.05) is 19.9 Å². The molecule has 1 saturated carbocycles. The van der Waals surface area contributed by atoms with Crippen LogP contribution in [0.15, 0.2) is 12.5 Å². The third-order valence-electron chi connectivity index (χ3n) is 3.49. The molecule has 3 nitrogen and oxygen atoms in total. The van der Waals surface area contributed by atoms with Crippen molar-refractivity contribution in [1.29, 1.82) is 0 Å². The van der Waals surface area contributed by atoms with E-state index in [9.17, 15) is 13.9 Å². The van der Waals surface area contributed by atoms with E-state index in [0.29, 0.717) is 18.5 Å². The van der Waals surface area contributed by atoms with Crippen LogP contribution < -0.4 is 0 Å². The van der Waals surface area contributed by atoms with E-state index in [2.05, 4.69) is 4.98 Å². The molecule has 96 valence electrons. The SMILES string of the molecule is Cn1cncc1C(O)CC1CCCC(F)(F)C1. The molecule has 1 aliphatic rings. The molecule has 0 bridgehead atoms. The lowest BCUT2D eigenvalue weighted by atomic mass is 9.83. The predicted molar refractivity (Wildman–Crippen MR) is 59.7 cm³/mol. The lowest BCUT2D eigenvalue weighted by Gasteiger charge is -2.30. The molecule has 0 aliphatic heterocycles. The Morgan fingerprint density at radius 3 is 3.00 bits per heavy atom. The second kappa shape index (κ2) is 4.72. The van der Waals surface area contributed by atoms with Crippen LogP contribution in [-0.4, -0.2) is 20.6 Å². The van der Waals surface area contributed by atoms with Crippen LogP contribution in [0.4, 0.5) is 8.78 Å². The van der Waals surface area contributed by atoms with Gasteiger partial charge in [0.15, 0.2) is 0 Å².